The molecule has 0 aliphatic heterocycles. The quantitative estimate of drug-likeness (QED) is 0.850. The number of thiophene rings is 1. The van der Waals surface area contributed by atoms with Crippen LogP contribution in [0.5, 0.6) is 5.75 Å². The van der Waals surface area contributed by atoms with Gasteiger partial charge in [0, 0.05) is 27.5 Å². The first-order valence-electron chi connectivity index (χ1n) is 5.95. The van der Waals surface area contributed by atoms with E-state index < -0.39 is 0 Å². The summed E-state index contributed by atoms with van der Waals surface area (Å²) in [4.78, 5) is 1.31. The lowest BCUT2D eigenvalue weighted by Gasteiger charge is -2.18. The van der Waals surface area contributed by atoms with Crippen LogP contribution in [-0.4, -0.2) is 5.11 Å². The van der Waals surface area contributed by atoms with E-state index in [1.807, 2.05) is 12.1 Å². The number of rotatable bonds is 5. The molecule has 18 heavy (non-hydrogen) atoms. The Labute approximate surface area is 120 Å². The lowest BCUT2D eigenvalue weighted by Crippen LogP contribution is -2.19. The van der Waals surface area contributed by atoms with E-state index in [4.69, 9.17) is 0 Å². The van der Waals surface area contributed by atoms with Gasteiger partial charge in [0.15, 0.2) is 0 Å². The molecule has 0 aliphatic carbocycles. The Hall–Kier alpha value is -0.840. The molecule has 1 aromatic heterocycles. The fraction of sp³-hybridized carbons (Fsp3) is 0.286. The summed E-state index contributed by atoms with van der Waals surface area (Å²) < 4.78 is 0.992. The Morgan fingerprint density at radius 2 is 2.22 bits per heavy atom. The van der Waals surface area contributed by atoms with Crippen molar-refractivity contribution in [3.05, 3.63) is 50.6 Å². The molecule has 0 aliphatic rings. The molecule has 0 fully saturated rings. The zero-order valence-corrected chi connectivity index (χ0v) is 12.6. The number of nitrogens with one attached hydrogen (secondary N) is 1. The third kappa shape index (κ3) is 3.34. The summed E-state index contributed by atoms with van der Waals surface area (Å²) in [7, 11) is 0. The first-order chi connectivity index (χ1) is 8.70. The number of aromatic hydroxyl groups is 1. The largest absolute Gasteiger partial charge is 0.508 e. The maximum atomic E-state index is 9.94. The minimum atomic E-state index is 0.171. The molecule has 4 heteroatoms. The SMILES string of the molecule is CCC(NCc1cccs1)c1cc(Br)ccc1O. The van der Waals surface area contributed by atoms with Crippen LogP contribution < -0.4 is 5.32 Å². The van der Waals surface area contributed by atoms with Crippen LogP contribution in [0.4, 0.5) is 0 Å². The van der Waals surface area contributed by atoms with Gasteiger partial charge < -0.3 is 10.4 Å². The lowest BCUT2D eigenvalue weighted by atomic mass is 10.0. The Bertz CT molecular complexity index is 499. The average Bonchev–Trinajstić information content (AvgIpc) is 2.87. The van der Waals surface area contributed by atoms with E-state index in [0.717, 1.165) is 23.0 Å². The zero-order chi connectivity index (χ0) is 13.0. The van der Waals surface area contributed by atoms with Crippen LogP contribution in [0.15, 0.2) is 40.2 Å². The molecule has 1 aromatic carbocycles. The van der Waals surface area contributed by atoms with Gasteiger partial charge in [-0.3, -0.25) is 0 Å². The van der Waals surface area contributed by atoms with Crippen molar-refractivity contribution in [2.24, 2.45) is 0 Å². The standard InChI is InChI=1S/C14H16BrNOS/c1-2-13(16-9-11-4-3-7-18-11)12-8-10(15)5-6-14(12)17/h3-8,13,16-17H,2,9H2,1H3. The number of hydrogen-bond acceptors (Lipinski definition) is 3. The van der Waals surface area contributed by atoms with E-state index in [1.54, 1.807) is 17.4 Å². The topological polar surface area (TPSA) is 32.3 Å². The van der Waals surface area contributed by atoms with Gasteiger partial charge in [0.2, 0.25) is 0 Å². The maximum absolute atomic E-state index is 9.94. The molecule has 1 atom stereocenters. The van der Waals surface area contributed by atoms with Crippen LogP contribution in [0.3, 0.4) is 0 Å². The van der Waals surface area contributed by atoms with Crippen LogP contribution in [0.1, 0.15) is 29.8 Å². The van der Waals surface area contributed by atoms with Gasteiger partial charge in [0.05, 0.1) is 0 Å². The number of phenols is 1. The predicted octanol–water partition coefficient (Wildman–Crippen LogP) is 4.46. The first-order valence-corrected chi connectivity index (χ1v) is 7.62. The molecular weight excluding hydrogens is 310 g/mol. The molecule has 1 heterocycles. The fourth-order valence-corrected chi connectivity index (χ4v) is 2.95. The minimum absolute atomic E-state index is 0.171. The highest BCUT2D eigenvalue weighted by atomic mass is 79.9. The van der Waals surface area contributed by atoms with Crippen molar-refractivity contribution in [3.63, 3.8) is 0 Å². The molecule has 0 spiro atoms. The summed E-state index contributed by atoms with van der Waals surface area (Å²) in [5, 5.41) is 15.5. The summed E-state index contributed by atoms with van der Waals surface area (Å²) in [6, 6.07) is 9.90. The third-order valence-electron chi connectivity index (χ3n) is 2.88. The summed E-state index contributed by atoms with van der Waals surface area (Å²) in [5.41, 5.74) is 0.948. The predicted molar refractivity (Wildman–Crippen MR) is 80.0 cm³/mol. The van der Waals surface area contributed by atoms with Crippen LogP contribution in [0.25, 0.3) is 0 Å². The number of hydrogen-bond donors (Lipinski definition) is 2. The van der Waals surface area contributed by atoms with Gasteiger partial charge in [-0.15, -0.1) is 11.3 Å². The molecule has 0 saturated heterocycles. The molecule has 2 N–H and O–H groups in total. The van der Waals surface area contributed by atoms with Crippen LogP contribution in [0.2, 0.25) is 0 Å². The smallest absolute Gasteiger partial charge is 0.120 e. The van der Waals surface area contributed by atoms with Crippen molar-refractivity contribution >= 4 is 27.3 Å². The van der Waals surface area contributed by atoms with Crippen LogP contribution in [0, 0.1) is 0 Å². The molecule has 0 saturated carbocycles. The molecular formula is C14H16BrNOS. The first kappa shape index (κ1) is 13.6. The van der Waals surface area contributed by atoms with Gasteiger partial charge in [0.1, 0.15) is 5.75 Å². The van der Waals surface area contributed by atoms with Gasteiger partial charge in [-0.2, -0.15) is 0 Å². The number of phenolic OH excluding ortho intramolecular Hbond substituents is 1. The molecule has 2 nitrogen and oxygen atoms in total. The van der Waals surface area contributed by atoms with Crippen molar-refractivity contribution in [3.8, 4) is 5.75 Å². The van der Waals surface area contributed by atoms with E-state index in [-0.39, 0.29) is 6.04 Å². The van der Waals surface area contributed by atoms with E-state index >= 15 is 0 Å². The molecule has 0 bridgehead atoms. The van der Waals surface area contributed by atoms with Gasteiger partial charge in [0.25, 0.3) is 0 Å². The second kappa shape index (κ2) is 6.36. The van der Waals surface area contributed by atoms with E-state index in [1.165, 1.54) is 4.88 Å². The van der Waals surface area contributed by atoms with E-state index in [0.29, 0.717) is 5.75 Å². The van der Waals surface area contributed by atoms with Crippen LogP contribution >= 0.6 is 27.3 Å². The van der Waals surface area contributed by atoms with Crippen LogP contribution in [-0.2, 0) is 6.54 Å². The minimum Gasteiger partial charge on any atom is -0.508 e. The van der Waals surface area contributed by atoms with Crippen molar-refractivity contribution in [1.29, 1.82) is 0 Å². The van der Waals surface area contributed by atoms with E-state index in [2.05, 4.69) is 45.7 Å². The normalized spacial score (nSPS) is 12.6. The second-order valence-electron chi connectivity index (χ2n) is 4.12. The molecule has 96 valence electrons. The summed E-state index contributed by atoms with van der Waals surface area (Å²) >= 11 is 5.19. The average molecular weight is 326 g/mol. The number of benzene rings is 1. The summed E-state index contributed by atoms with van der Waals surface area (Å²) in [5.74, 6) is 0.351. The Kier molecular flexibility index (Phi) is 4.80. The lowest BCUT2D eigenvalue weighted by molar-refractivity contribution is 0.441. The molecule has 0 radical (unpaired) electrons. The molecule has 1 unspecified atom stereocenters. The second-order valence-corrected chi connectivity index (χ2v) is 6.07. The monoisotopic (exact) mass is 325 g/mol. The van der Waals surface area contributed by atoms with Crippen molar-refractivity contribution in [2.75, 3.05) is 0 Å². The third-order valence-corrected chi connectivity index (χ3v) is 4.25. The van der Waals surface area contributed by atoms with Gasteiger partial charge in [-0.1, -0.05) is 28.9 Å². The Morgan fingerprint density at radius 3 is 2.89 bits per heavy atom. The summed E-state index contributed by atoms with van der Waals surface area (Å²) in [6.45, 7) is 2.95. The molecule has 0 amide bonds. The van der Waals surface area contributed by atoms with Gasteiger partial charge >= 0.3 is 0 Å². The Balaban J connectivity index is 2.10. The molecule has 2 aromatic rings. The maximum Gasteiger partial charge on any atom is 0.120 e. The Morgan fingerprint density at radius 1 is 1.39 bits per heavy atom. The molecule has 2 rings (SSSR count). The van der Waals surface area contributed by atoms with Crippen molar-refractivity contribution in [2.45, 2.75) is 25.9 Å². The van der Waals surface area contributed by atoms with Crippen molar-refractivity contribution < 1.29 is 5.11 Å². The van der Waals surface area contributed by atoms with Gasteiger partial charge in [-0.05, 0) is 36.1 Å². The van der Waals surface area contributed by atoms with E-state index in [9.17, 15) is 5.11 Å². The highest BCUT2D eigenvalue weighted by Crippen LogP contribution is 2.29. The summed E-state index contributed by atoms with van der Waals surface area (Å²) in [6.07, 6.45) is 0.940. The fourth-order valence-electron chi connectivity index (χ4n) is 1.92. The number of halogens is 1. The van der Waals surface area contributed by atoms with Gasteiger partial charge in [-0.25, -0.2) is 0 Å². The zero-order valence-electron chi connectivity index (χ0n) is 10.2. The highest BCUT2D eigenvalue weighted by Gasteiger charge is 2.13. The highest BCUT2D eigenvalue weighted by molar-refractivity contribution is 9.10. The van der Waals surface area contributed by atoms with Crippen molar-refractivity contribution in [1.82, 2.24) is 5.32 Å².